The molecule has 0 saturated heterocycles. The van der Waals surface area contributed by atoms with Crippen molar-refractivity contribution in [3.8, 4) is 5.75 Å². The van der Waals surface area contributed by atoms with E-state index in [1.807, 2.05) is 0 Å². The summed E-state index contributed by atoms with van der Waals surface area (Å²) in [6.45, 7) is 1.10. The maximum Gasteiger partial charge on any atom is 0.343 e. The summed E-state index contributed by atoms with van der Waals surface area (Å²) in [5, 5.41) is 3.87. The van der Waals surface area contributed by atoms with E-state index in [0.717, 1.165) is 11.6 Å². The first kappa shape index (κ1) is 27.2. The fourth-order valence-corrected chi connectivity index (χ4v) is 4.93. The molecule has 0 unspecified atom stereocenters. The van der Waals surface area contributed by atoms with Gasteiger partial charge in [0.05, 0.1) is 22.4 Å². The number of ether oxygens (including phenoxy) is 1. The number of sulfonamides is 1. The number of amides is 1. The molecular formula is C29H24FN3O5S. The second-order valence-electron chi connectivity index (χ2n) is 8.39. The van der Waals surface area contributed by atoms with Crippen molar-refractivity contribution in [1.82, 2.24) is 5.43 Å². The molecule has 0 aliphatic rings. The molecule has 0 radical (unpaired) electrons. The summed E-state index contributed by atoms with van der Waals surface area (Å²) in [7, 11) is -4.26. The number of hydrogen-bond donors (Lipinski definition) is 1. The average molecular weight is 546 g/mol. The van der Waals surface area contributed by atoms with E-state index in [4.69, 9.17) is 4.74 Å². The molecule has 0 aliphatic carbocycles. The van der Waals surface area contributed by atoms with Crippen LogP contribution < -0.4 is 14.5 Å². The predicted molar refractivity (Wildman–Crippen MR) is 146 cm³/mol. The van der Waals surface area contributed by atoms with Crippen LogP contribution in [0.5, 0.6) is 5.75 Å². The Bertz CT molecular complexity index is 1590. The van der Waals surface area contributed by atoms with E-state index in [1.165, 1.54) is 36.5 Å². The number of esters is 1. The van der Waals surface area contributed by atoms with Gasteiger partial charge in [0.15, 0.2) is 0 Å². The van der Waals surface area contributed by atoms with Gasteiger partial charge < -0.3 is 4.74 Å². The minimum absolute atomic E-state index is 0.0827. The van der Waals surface area contributed by atoms with Gasteiger partial charge in [-0.05, 0) is 73.2 Å². The van der Waals surface area contributed by atoms with Crippen LogP contribution in [-0.4, -0.2) is 33.1 Å². The number of hydrazone groups is 1. The molecule has 0 spiro atoms. The predicted octanol–water partition coefficient (Wildman–Crippen LogP) is 4.70. The first-order valence-corrected chi connectivity index (χ1v) is 13.2. The summed E-state index contributed by atoms with van der Waals surface area (Å²) in [5.41, 5.74) is 3.84. The summed E-state index contributed by atoms with van der Waals surface area (Å²) in [5.74, 6) is -1.74. The molecule has 0 bridgehead atoms. The van der Waals surface area contributed by atoms with Gasteiger partial charge in [0.1, 0.15) is 18.1 Å². The smallest absolute Gasteiger partial charge is 0.343 e. The number of aryl methyl sites for hydroxylation is 1. The minimum Gasteiger partial charge on any atom is -0.423 e. The van der Waals surface area contributed by atoms with Crippen molar-refractivity contribution >= 4 is 33.8 Å². The number of carbonyl (C=O) groups excluding carboxylic acids is 2. The van der Waals surface area contributed by atoms with E-state index in [2.05, 4.69) is 10.5 Å². The second kappa shape index (κ2) is 12.1. The zero-order valence-corrected chi connectivity index (χ0v) is 21.6. The fraction of sp³-hybridized carbons (Fsp3) is 0.0690. The highest BCUT2D eigenvalue weighted by atomic mass is 32.2. The van der Waals surface area contributed by atoms with Crippen molar-refractivity contribution in [3.63, 3.8) is 0 Å². The highest BCUT2D eigenvalue weighted by molar-refractivity contribution is 7.92. The van der Waals surface area contributed by atoms with Crippen LogP contribution >= 0.6 is 0 Å². The van der Waals surface area contributed by atoms with E-state index in [1.54, 1.807) is 73.7 Å². The van der Waals surface area contributed by atoms with Crippen LogP contribution in [0.2, 0.25) is 0 Å². The maximum atomic E-state index is 14.6. The highest BCUT2D eigenvalue weighted by Gasteiger charge is 2.29. The highest BCUT2D eigenvalue weighted by Crippen LogP contribution is 2.26. The third kappa shape index (κ3) is 6.93. The number of anilines is 1. The SMILES string of the molecule is Cc1ccc(S(=O)(=O)N(CC(=O)N/N=C\c2ccc(OC(=O)c3ccccc3)cc2)c2ccccc2F)cc1. The number of hydrogen-bond acceptors (Lipinski definition) is 6. The summed E-state index contributed by atoms with van der Waals surface area (Å²) in [6, 6.07) is 26.3. The van der Waals surface area contributed by atoms with Crippen molar-refractivity contribution in [3.05, 3.63) is 126 Å². The molecule has 0 aliphatic heterocycles. The standard InChI is InChI=1S/C29H24FN3O5S/c1-21-11-17-25(18-12-21)39(36,37)33(27-10-6-5-9-26(27)30)20-28(34)32-31-19-22-13-15-24(16-14-22)38-29(35)23-7-3-2-4-8-23/h2-19H,20H2,1H3,(H,32,34)/b31-19-. The van der Waals surface area contributed by atoms with Crippen molar-refractivity contribution in [1.29, 1.82) is 0 Å². The molecule has 10 heteroatoms. The molecule has 0 saturated carbocycles. The molecule has 1 N–H and O–H groups in total. The first-order valence-electron chi connectivity index (χ1n) is 11.8. The molecule has 0 heterocycles. The van der Waals surface area contributed by atoms with Crippen molar-refractivity contribution < 1.29 is 27.1 Å². The zero-order valence-electron chi connectivity index (χ0n) is 20.8. The molecule has 4 aromatic rings. The summed E-state index contributed by atoms with van der Waals surface area (Å²) in [6.07, 6.45) is 1.34. The summed E-state index contributed by atoms with van der Waals surface area (Å²) in [4.78, 5) is 24.7. The zero-order chi connectivity index (χ0) is 27.8. The van der Waals surface area contributed by atoms with Gasteiger partial charge in [-0.1, -0.05) is 48.0 Å². The Hall–Kier alpha value is -4.83. The number of benzene rings is 4. The number of nitrogens with zero attached hydrogens (tertiary/aromatic N) is 2. The Morgan fingerprint density at radius 2 is 1.54 bits per heavy atom. The molecule has 1 amide bonds. The third-order valence-corrected chi connectivity index (χ3v) is 7.29. The fourth-order valence-electron chi connectivity index (χ4n) is 3.50. The van der Waals surface area contributed by atoms with E-state index >= 15 is 0 Å². The van der Waals surface area contributed by atoms with Crippen LogP contribution in [0.25, 0.3) is 0 Å². The number of halogens is 1. The topological polar surface area (TPSA) is 105 Å². The van der Waals surface area contributed by atoms with Gasteiger partial charge in [-0.15, -0.1) is 0 Å². The Kier molecular flexibility index (Phi) is 8.47. The van der Waals surface area contributed by atoms with Gasteiger partial charge in [-0.2, -0.15) is 5.10 Å². The molecule has 198 valence electrons. The minimum atomic E-state index is -4.26. The number of nitrogens with one attached hydrogen (secondary N) is 1. The summed E-state index contributed by atoms with van der Waals surface area (Å²) < 4.78 is 47.3. The lowest BCUT2D eigenvalue weighted by atomic mass is 10.2. The summed E-state index contributed by atoms with van der Waals surface area (Å²) >= 11 is 0. The normalized spacial score (nSPS) is 11.2. The maximum absolute atomic E-state index is 14.6. The van der Waals surface area contributed by atoms with Gasteiger partial charge in [-0.3, -0.25) is 9.10 Å². The van der Waals surface area contributed by atoms with E-state index < -0.39 is 34.3 Å². The monoisotopic (exact) mass is 545 g/mol. The lowest BCUT2D eigenvalue weighted by Crippen LogP contribution is -2.40. The van der Waals surface area contributed by atoms with Gasteiger partial charge in [0, 0.05) is 0 Å². The van der Waals surface area contributed by atoms with E-state index in [9.17, 15) is 22.4 Å². The van der Waals surface area contributed by atoms with Crippen molar-refractivity contribution in [2.24, 2.45) is 5.10 Å². The van der Waals surface area contributed by atoms with Crippen LogP contribution in [0.15, 0.2) is 113 Å². The van der Waals surface area contributed by atoms with Crippen LogP contribution in [-0.2, 0) is 14.8 Å². The van der Waals surface area contributed by atoms with Gasteiger partial charge in [0.2, 0.25) is 0 Å². The molecule has 39 heavy (non-hydrogen) atoms. The Morgan fingerprint density at radius 1 is 0.897 bits per heavy atom. The largest absolute Gasteiger partial charge is 0.423 e. The van der Waals surface area contributed by atoms with E-state index in [-0.39, 0.29) is 10.6 Å². The van der Waals surface area contributed by atoms with Gasteiger partial charge >= 0.3 is 5.97 Å². The Balaban J connectivity index is 1.43. The first-order chi connectivity index (χ1) is 18.7. The quantitative estimate of drug-likeness (QED) is 0.142. The Labute approximate surface area is 225 Å². The van der Waals surface area contributed by atoms with Crippen LogP contribution in [0.1, 0.15) is 21.5 Å². The molecular weight excluding hydrogens is 521 g/mol. The third-order valence-electron chi connectivity index (χ3n) is 5.52. The molecule has 4 aromatic carbocycles. The van der Waals surface area contributed by atoms with E-state index in [0.29, 0.717) is 21.2 Å². The molecule has 0 atom stereocenters. The lowest BCUT2D eigenvalue weighted by molar-refractivity contribution is -0.119. The molecule has 8 nitrogen and oxygen atoms in total. The molecule has 4 rings (SSSR count). The van der Waals surface area contributed by atoms with Gasteiger partial charge in [0.25, 0.3) is 15.9 Å². The number of para-hydroxylation sites is 1. The number of carbonyl (C=O) groups is 2. The van der Waals surface area contributed by atoms with Crippen LogP contribution in [0.4, 0.5) is 10.1 Å². The Morgan fingerprint density at radius 3 is 2.21 bits per heavy atom. The number of rotatable bonds is 9. The van der Waals surface area contributed by atoms with Crippen LogP contribution in [0, 0.1) is 12.7 Å². The average Bonchev–Trinajstić information content (AvgIpc) is 2.94. The molecule has 0 aromatic heterocycles. The van der Waals surface area contributed by atoms with Crippen molar-refractivity contribution in [2.75, 3.05) is 10.8 Å². The van der Waals surface area contributed by atoms with Crippen molar-refractivity contribution in [2.45, 2.75) is 11.8 Å². The molecule has 0 fully saturated rings. The second-order valence-corrected chi connectivity index (χ2v) is 10.3. The van der Waals surface area contributed by atoms with Gasteiger partial charge in [-0.25, -0.2) is 23.0 Å². The van der Waals surface area contributed by atoms with Crippen LogP contribution in [0.3, 0.4) is 0 Å². The lowest BCUT2D eigenvalue weighted by Gasteiger charge is -2.24.